The van der Waals surface area contributed by atoms with Crippen LogP contribution in [0.25, 0.3) is 0 Å². The van der Waals surface area contributed by atoms with E-state index in [0.29, 0.717) is 5.56 Å². The highest BCUT2D eigenvalue weighted by atomic mass is 79.9. The van der Waals surface area contributed by atoms with E-state index >= 15 is 0 Å². The summed E-state index contributed by atoms with van der Waals surface area (Å²) < 4.78 is 11.1. The molecule has 0 bridgehead atoms. The summed E-state index contributed by atoms with van der Waals surface area (Å²) in [4.78, 5) is 18.4. The maximum Gasteiger partial charge on any atom is 0.343 e. The van der Waals surface area contributed by atoms with Gasteiger partial charge in [0.15, 0.2) is 0 Å². The SMILES string of the molecule is COC(=O)c1ccc(N2CCc3cccc(Br)c3C2)nc1OC. The number of nitrogens with zero attached hydrogens (tertiary/aromatic N) is 2. The molecule has 1 aliphatic rings. The van der Waals surface area contributed by atoms with E-state index in [2.05, 4.69) is 44.0 Å². The largest absolute Gasteiger partial charge is 0.480 e. The third kappa shape index (κ3) is 3.03. The number of pyridine rings is 1. The van der Waals surface area contributed by atoms with Gasteiger partial charge in [-0.05, 0) is 35.7 Å². The van der Waals surface area contributed by atoms with Crippen LogP contribution in [-0.2, 0) is 17.7 Å². The molecule has 2 heterocycles. The minimum absolute atomic E-state index is 0.285. The molecule has 1 aromatic carbocycles. The molecule has 120 valence electrons. The summed E-state index contributed by atoms with van der Waals surface area (Å²) in [5.41, 5.74) is 2.96. The Kier molecular flexibility index (Phi) is 4.52. The number of ether oxygens (including phenoxy) is 2. The van der Waals surface area contributed by atoms with Crippen LogP contribution in [0.3, 0.4) is 0 Å². The quantitative estimate of drug-likeness (QED) is 0.769. The highest BCUT2D eigenvalue weighted by molar-refractivity contribution is 9.10. The molecule has 0 spiro atoms. The Balaban J connectivity index is 1.91. The second-order valence-corrected chi connectivity index (χ2v) is 6.12. The maximum atomic E-state index is 11.7. The normalized spacial score (nSPS) is 13.4. The van der Waals surface area contributed by atoms with Crippen molar-refractivity contribution < 1.29 is 14.3 Å². The maximum absolute atomic E-state index is 11.7. The van der Waals surface area contributed by atoms with E-state index in [1.807, 2.05) is 6.07 Å². The fourth-order valence-corrected chi connectivity index (χ4v) is 3.30. The summed E-state index contributed by atoms with van der Waals surface area (Å²) >= 11 is 3.62. The monoisotopic (exact) mass is 376 g/mol. The Morgan fingerprint density at radius 3 is 2.83 bits per heavy atom. The molecule has 0 atom stereocenters. The molecule has 1 aromatic heterocycles. The fraction of sp³-hybridized carbons (Fsp3) is 0.294. The smallest absolute Gasteiger partial charge is 0.343 e. The van der Waals surface area contributed by atoms with Crippen molar-refractivity contribution in [3.8, 4) is 5.88 Å². The number of benzene rings is 1. The van der Waals surface area contributed by atoms with E-state index in [-0.39, 0.29) is 5.88 Å². The van der Waals surface area contributed by atoms with Gasteiger partial charge in [0.25, 0.3) is 0 Å². The number of hydrogen-bond donors (Lipinski definition) is 0. The standard InChI is InChI=1S/C17H17BrN2O3/c1-22-16-12(17(21)23-2)6-7-15(19-16)20-9-8-11-4-3-5-14(18)13(11)10-20/h3-7H,8-10H2,1-2H3. The lowest BCUT2D eigenvalue weighted by molar-refractivity contribution is 0.0596. The van der Waals surface area contributed by atoms with Gasteiger partial charge < -0.3 is 14.4 Å². The van der Waals surface area contributed by atoms with Gasteiger partial charge in [-0.15, -0.1) is 0 Å². The molecular formula is C17H17BrN2O3. The highest BCUT2D eigenvalue weighted by Gasteiger charge is 2.21. The first-order valence-corrected chi connectivity index (χ1v) is 8.08. The molecule has 0 radical (unpaired) electrons. The van der Waals surface area contributed by atoms with E-state index in [1.165, 1.54) is 25.3 Å². The number of rotatable bonds is 3. The molecule has 0 fully saturated rings. The van der Waals surface area contributed by atoms with Crippen molar-refractivity contribution >= 4 is 27.7 Å². The van der Waals surface area contributed by atoms with Crippen LogP contribution in [0.1, 0.15) is 21.5 Å². The van der Waals surface area contributed by atoms with Crippen LogP contribution in [0, 0.1) is 0 Å². The first kappa shape index (κ1) is 15.8. The van der Waals surface area contributed by atoms with Crippen molar-refractivity contribution in [1.29, 1.82) is 0 Å². The predicted octanol–water partition coefficient (Wildman–Crippen LogP) is 3.20. The molecule has 5 nitrogen and oxygen atoms in total. The van der Waals surface area contributed by atoms with Crippen LogP contribution in [-0.4, -0.2) is 31.7 Å². The average molecular weight is 377 g/mol. The molecule has 0 saturated heterocycles. The van der Waals surface area contributed by atoms with Crippen molar-refractivity contribution in [3.63, 3.8) is 0 Å². The summed E-state index contributed by atoms with van der Waals surface area (Å²) in [7, 11) is 2.84. The number of carbonyl (C=O) groups excluding carboxylic acids is 1. The van der Waals surface area contributed by atoms with Crippen LogP contribution >= 0.6 is 15.9 Å². The van der Waals surface area contributed by atoms with Gasteiger partial charge >= 0.3 is 5.97 Å². The second-order valence-electron chi connectivity index (χ2n) is 5.27. The van der Waals surface area contributed by atoms with E-state index in [0.717, 1.165) is 29.8 Å². The molecule has 0 N–H and O–H groups in total. The molecule has 0 aliphatic carbocycles. The number of methoxy groups -OCH3 is 2. The first-order valence-electron chi connectivity index (χ1n) is 7.28. The van der Waals surface area contributed by atoms with Gasteiger partial charge in [-0.3, -0.25) is 0 Å². The van der Waals surface area contributed by atoms with Crippen molar-refractivity contribution in [2.45, 2.75) is 13.0 Å². The number of esters is 1. The summed E-state index contributed by atoms with van der Waals surface area (Å²) in [5, 5.41) is 0. The lowest BCUT2D eigenvalue weighted by Crippen LogP contribution is -2.31. The predicted molar refractivity (Wildman–Crippen MR) is 91.0 cm³/mol. The van der Waals surface area contributed by atoms with Gasteiger partial charge in [0.2, 0.25) is 5.88 Å². The molecule has 23 heavy (non-hydrogen) atoms. The van der Waals surface area contributed by atoms with Crippen molar-refractivity contribution in [3.05, 3.63) is 51.5 Å². The molecule has 6 heteroatoms. The summed E-state index contributed by atoms with van der Waals surface area (Å²) in [6.07, 6.45) is 0.956. The third-order valence-electron chi connectivity index (χ3n) is 3.98. The topological polar surface area (TPSA) is 51.7 Å². The van der Waals surface area contributed by atoms with Crippen molar-refractivity contribution in [2.75, 3.05) is 25.7 Å². The zero-order valence-electron chi connectivity index (χ0n) is 13.0. The van der Waals surface area contributed by atoms with Crippen LogP contribution in [0.4, 0.5) is 5.82 Å². The number of fused-ring (bicyclic) bond motifs is 1. The summed E-state index contributed by atoms with van der Waals surface area (Å²) in [5.74, 6) is 0.621. The van der Waals surface area contributed by atoms with Crippen LogP contribution < -0.4 is 9.64 Å². The molecule has 0 saturated carbocycles. The Morgan fingerprint density at radius 2 is 2.09 bits per heavy atom. The number of aromatic nitrogens is 1. The lowest BCUT2D eigenvalue weighted by Gasteiger charge is -2.30. The van der Waals surface area contributed by atoms with Crippen molar-refractivity contribution in [1.82, 2.24) is 4.98 Å². The van der Waals surface area contributed by atoms with Crippen LogP contribution in [0.15, 0.2) is 34.8 Å². The van der Waals surface area contributed by atoms with Crippen LogP contribution in [0.2, 0.25) is 0 Å². The molecule has 1 aliphatic heterocycles. The Hall–Kier alpha value is -2.08. The van der Waals surface area contributed by atoms with E-state index in [9.17, 15) is 4.79 Å². The fourth-order valence-electron chi connectivity index (χ4n) is 2.76. The van der Waals surface area contributed by atoms with E-state index in [1.54, 1.807) is 6.07 Å². The van der Waals surface area contributed by atoms with Crippen LogP contribution in [0.5, 0.6) is 5.88 Å². The van der Waals surface area contributed by atoms with E-state index in [4.69, 9.17) is 9.47 Å². The minimum Gasteiger partial charge on any atom is -0.480 e. The van der Waals surface area contributed by atoms with Crippen molar-refractivity contribution in [2.24, 2.45) is 0 Å². The number of carbonyl (C=O) groups is 1. The van der Waals surface area contributed by atoms with E-state index < -0.39 is 5.97 Å². The zero-order valence-corrected chi connectivity index (χ0v) is 14.6. The zero-order chi connectivity index (χ0) is 16.4. The Bertz CT molecular complexity index is 749. The third-order valence-corrected chi connectivity index (χ3v) is 4.73. The Morgan fingerprint density at radius 1 is 1.26 bits per heavy atom. The highest BCUT2D eigenvalue weighted by Crippen LogP contribution is 2.30. The minimum atomic E-state index is -0.451. The van der Waals surface area contributed by atoms with Gasteiger partial charge in [-0.2, -0.15) is 4.98 Å². The summed E-state index contributed by atoms with van der Waals surface area (Å²) in [6.45, 7) is 1.64. The second kappa shape index (κ2) is 6.58. The molecular weight excluding hydrogens is 360 g/mol. The van der Waals surface area contributed by atoms with Gasteiger partial charge in [-0.1, -0.05) is 28.1 Å². The lowest BCUT2D eigenvalue weighted by atomic mass is 10.00. The molecule has 0 amide bonds. The van der Waals surface area contributed by atoms with Gasteiger partial charge in [-0.25, -0.2) is 4.79 Å². The molecule has 2 aromatic rings. The molecule has 0 unspecified atom stereocenters. The van der Waals surface area contributed by atoms with Gasteiger partial charge in [0, 0.05) is 17.6 Å². The number of hydrogen-bond acceptors (Lipinski definition) is 5. The first-order chi connectivity index (χ1) is 11.1. The van der Waals surface area contributed by atoms with Gasteiger partial charge in [0.05, 0.1) is 14.2 Å². The van der Waals surface area contributed by atoms with Gasteiger partial charge in [0.1, 0.15) is 11.4 Å². The average Bonchev–Trinajstić information content (AvgIpc) is 2.60. The number of anilines is 1. The molecule has 3 rings (SSSR count). The Labute approximate surface area is 143 Å². The number of halogens is 1. The summed E-state index contributed by atoms with van der Waals surface area (Å²) in [6, 6.07) is 9.80.